The van der Waals surface area contributed by atoms with E-state index in [1.807, 2.05) is 20.0 Å². The lowest BCUT2D eigenvalue weighted by atomic mass is 10.1. The first-order chi connectivity index (χ1) is 9.04. The van der Waals surface area contributed by atoms with Gasteiger partial charge in [-0.25, -0.2) is 9.97 Å². The fraction of sp³-hybridized carbons (Fsp3) is 0.714. The van der Waals surface area contributed by atoms with E-state index in [0.29, 0.717) is 12.5 Å². The fourth-order valence-corrected chi connectivity index (χ4v) is 1.95. The summed E-state index contributed by atoms with van der Waals surface area (Å²) in [4.78, 5) is 9.09. The van der Waals surface area contributed by atoms with Gasteiger partial charge in [0.1, 0.15) is 17.5 Å². The molecule has 0 bridgehead atoms. The van der Waals surface area contributed by atoms with Crippen molar-refractivity contribution >= 4 is 11.6 Å². The van der Waals surface area contributed by atoms with Crippen LogP contribution in [-0.4, -0.2) is 35.8 Å². The van der Waals surface area contributed by atoms with Gasteiger partial charge in [-0.1, -0.05) is 0 Å². The molecule has 1 aromatic rings. The molecule has 1 aromatic heterocycles. The predicted molar refractivity (Wildman–Crippen MR) is 77.7 cm³/mol. The maximum absolute atomic E-state index is 5.68. The number of aromatic nitrogens is 2. The summed E-state index contributed by atoms with van der Waals surface area (Å²) in [7, 11) is 1.88. The van der Waals surface area contributed by atoms with Crippen molar-refractivity contribution in [3.63, 3.8) is 0 Å². The first-order valence-corrected chi connectivity index (χ1v) is 6.98. The Labute approximate surface area is 115 Å². The van der Waals surface area contributed by atoms with Gasteiger partial charge in [0.2, 0.25) is 0 Å². The Kier molecular flexibility index (Phi) is 4.24. The Bertz CT molecular complexity index is 429. The highest BCUT2D eigenvalue weighted by molar-refractivity contribution is 5.48. The molecule has 0 atom stereocenters. The Morgan fingerprint density at radius 1 is 1.32 bits per heavy atom. The van der Waals surface area contributed by atoms with E-state index in [1.54, 1.807) is 0 Å². The molecule has 106 valence electrons. The normalized spacial score (nSPS) is 15.4. The zero-order chi connectivity index (χ0) is 13.9. The maximum atomic E-state index is 5.68. The summed E-state index contributed by atoms with van der Waals surface area (Å²) in [6.45, 7) is 7.60. The van der Waals surface area contributed by atoms with E-state index in [-0.39, 0.29) is 5.60 Å². The maximum Gasteiger partial charge on any atom is 0.136 e. The van der Waals surface area contributed by atoms with Crippen molar-refractivity contribution < 1.29 is 4.74 Å². The SMILES string of the molecule is CCOC(C)(C)CNc1cc(NC)nc(C2CC2)n1. The van der Waals surface area contributed by atoms with Crippen molar-refractivity contribution in [2.24, 2.45) is 0 Å². The van der Waals surface area contributed by atoms with Crippen molar-refractivity contribution in [1.82, 2.24) is 9.97 Å². The third-order valence-electron chi connectivity index (χ3n) is 3.17. The van der Waals surface area contributed by atoms with Crippen molar-refractivity contribution in [2.45, 2.75) is 45.1 Å². The molecule has 2 rings (SSSR count). The number of ether oxygens (including phenoxy) is 1. The highest BCUT2D eigenvalue weighted by Gasteiger charge is 2.27. The molecule has 0 aliphatic heterocycles. The molecular weight excluding hydrogens is 240 g/mol. The number of hydrogen-bond donors (Lipinski definition) is 2. The molecule has 19 heavy (non-hydrogen) atoms. The molecule has 0 saturated heterocycles. The Morgan fingerprint density at radius 2 is 2.00 bits per heavy atom. The average molecular weight is 264 g/mol. The van der Waals surface area contributed by atoms with Gasteiger partial charge in [0.05, 0.1) is 5.60 Å². The Morgan fingerprint density at radius 3 is 2.58 bits per heavy atom. The van der Waals surface area contributed by atoms with Crippen LogP contribution in [-0.2, 0) is 4.74 Å². The minimum Gasteiger partial charge on any atom is -0.374 e. The lowest BCUT2D eigenvalue weighted by Crippen LogP contribution is -2.33. The molecular formula is C14H24N4O. The number of nitrogens with one attached hydrogen (secondary N) is 2. The molecule has 0 radical (unpaired) electrons. The van der Waals surface area contributed by atoms with Crippen LogP contribution in [0.25, 0.3) is 0 Å². The van der Waals surface area contributed by atoms with Crippen LogP contribution in [0.15, 0.2) is 6.07 Å². The molecule has 5 heteroatoms. The van der Waals surface area contributed by atoms with Gasteiger partial charge in [-0.2, -0.15) is 0 Å². The molecule has 0 unspecified atom stereocenters. The molecule has 1 aliphatic carbocycles. The first kappa shape index (κ1) is 14.1. The minimum atomic E-state index is -0.195. The highest BCUT2D eigenvalue weighted by Crippen LogP contribution is 2.38. The summed E-state index contributed by atoms with van der Waals surface area (Å²) in [5.41, 5.74) is -0.195. The monoisotopic (exact) mass is 264 g/mol. The molecule has 2 N–H and O–H groups in total. The summed E-state index contributed by atoms with van der Waals surface area (Å²) in [5.74, 6) is 3.24. The first-order valence-electron chi connectivity index (χ1n) is 6.98. The van der Waals surface area contributed by atoms with E-state index in [1.165, 1.54) is 12.8 Å². The van der Waals surface area contributed by atoms with Crippen LogP contribution in [0.5, 0.6) is 0 Å². The second-order valence-corrected chi connectivity index (χ2v) is 5.57. The number of anilines is 2. The molecule has 1 heterocycles. The summed E-state index contributed by atoms with van der Waals surface area (Å²) in [5, 5.41) is 6.44. The summed E-state index contributed by atoms with van der Waals surface area (Å²) >= 11 is 0. The van der Waals surface area contributed by atoms with Crippen LogP contribution in [0.3, 0.4) is 0 Å². The molecule has 1 saturated carbocycles. The Hall–Kier alpha value is -1.36. The standard InChI is InChI=1S/C14H24N4O/c1-5-19-14(2,3)9-16-12-8-11(15-4)17-13(18-12)10-6-7-10/h8,10H,5-7,9H2,1-4H3,(H2,15,16,17,18). The predicted octanol–water partition coefficient (Wildman–Crippen LogP) is 2.62. The summed E-state index contributed by atoms with van der Waals surface area (Å²) < 4.78 is 5.68. The number of nitrogens with zero attached hydrogens (tertiary/aromatic N) is 2. The van der Waals surface area contributed by atoms with E-state index in [9.17, 15) is 0 Å². The molecule has 1 aliphatic rings. The van der Waals surface area contributed by atoms with Gasteiger partial charge in [-0.15, -0.1) is 0 Å². The van der Waals surface area contributed by atoms with E-state index in [2.05, 4.69) is 34.4 Å². The van der Waals surface area contributed by atoms with Crippen molar-refractivity contribution in [3.05, 3.63) is 11.9 Å². The van der Waals surface area contributed by atoms with E-state index >= 15 is 0 Å². The second-order valence-electron chi connectivity index (χ2n) is 5.57. The molecule has 1 fully saturated rings. The van der Waals surface area contributed by atoms with E-state index in [4.69, 9.17) is 4.74 Å². The van der Waals surface area contributed by atoms with Crippen LogP contribution >= 0.6 is 0 Å². The van der Waals surface area contributed by atoms with Gasteiger partial charge >= 0.3 is 0 Å². The number of rotatable bonds is 7. The molecule has 0 aromatic carbocycles. The third kappa shape index (κ3) is 4.06. The zero-order valence-corrected chi connectivity index (χ0v) is 12.3. The van der Waals surface area contributed by atoms with Crippen LogP contribution < -0.4 is 10.6 Å². The van der Waals surface area contributed by atoms with Crippen LogP contribution in [0.4, 0.5) is 11.6 Å². The molecule has 0 spiro atoms. The van der Waals surface area contributed by atoms with Gasteiger partial charge in [0.25, 0.3) is 0 Å². The van der Waals surface area contributed by atoms with Gasteiger partial charge in [0.15, 0.2) is 0 Å². The number of hydrogen-bond acceptors (Lipinski definition) is 5. The average Bonchev–Trinajstić information content (AvgIpc) is 3.20. The van der Waals surface area contributed by atoms with E-state index in [0.717, 1.165) is 24.0 Å². The molecule has 5 nitrogen and oxygen atoms in total. The topological polar surface area (TPSA) is 59.1 Å². The summed E-state index contributed by atoms with van der Waals surface area (Å²) in [6.07, 6.45) is 2.41. The highest BCUT2D eigenvalue weighted by atomic mass is 16.5. The summed E-state index contributed by atoms with van der Waals surface area (Å²) in [6, 6.07) is 1.94. The lowest BCUT2D eigenvalue weighted by molar-refractivity contribution is 0.000638. The van der Waals surface area contributed by atoms with Crippen LogP contribution in [0.2, 0.25) is 0 Å². The van der Waals surface area contributed by atoms with Gasteiger partial charge < -0.3 is 15.4 Å². The van der Waals surface area contributed by atoms with Crippen LogP contribution in [0, 0.1) is 0 Å². The van der Waals surface area contributed by atoms with Gasteiger partial charge in [0, 0.05) is 32.2 Å². The zero-order valence-electron chi connectivity index (χ0n) is 12.3. The Balaban J connectivity index is 2.04. The quantitative estimate of drug-likeness (QED) is 0.793. The van der Waals surface area contributed by atoms with Crippen molar-refractivity contribution in [1.29, 1.82) is 0 Å². The van der Waals surface area contributed by atoms with Gasteiger partial charge in [-0.05, 0) is 33.6 Å². The van der Waals surface area contributed by atoms with Crippen LogP contribution in [0.1, 0.15) is 45.4 Å². The largest absolute Gasteiger partial charge is 0.374 e. The third-order valence-corrected chi connectivity index (χ3v) is 3.17. The van der Waals surface area contributed by atoms with E-state index < -0.39 is 0 Å². The second kappa shape index (κ2) is 5.74. The molecule has 0 amide bonds. The smallest absolute Gasteiger partial charge is 0.136 e. The fourth-order valence-electron chi connectivity index (χ4n) is 1.95. The van der Waals surface area contributed by atoms with Crippen molar-refractivity contribution in [2.75, 3.05) is 30.8 Å². The minimum absolute atomic E-state index is 0.195. The van der Waals surface area contributed by atoms with Gasteiger partial charge in [-0.3, -0.25) is 0 Å². The van der Waals surface area contributed by atoms with Crippen molar-refractivity contribution in [3.8, 4) is 0 Å². The lowest BCUT2D eigenvalue weighted by Gasteiger charge is -2.25.